The molecular weight excluding hydrogens is 407 g/mol. The zero-order valence-electron chi connectivity index (χ0n) is 17.9. The molecule has 2 aromatic rings. The minimum absolute atomic E-state index is 0.0505. The number of amides is 1. The molecule has 0 radical (unpaired) electrons. The number of hydrogen-bond acceptors (Lipinski definition) is 5. The average molecular weight is 433 g/mol. The summed E-state index contributed by atoms with van der Waals surface area (Å²) in [5.74, 6) is -0.0936. The number of anilines is 2. The van der Waals surface area contributed by atoms with Crippen molar-refractivity contribution in [2.45, 2.75) is 33.2 Å². The van der Waals surface area contributed by atoms with E-state index in [9.17, 15) is 9.18 Å². The van der Waals surface area contributed by atoms with Crippen molar-refractivity contribution in [3.05, 3.63) is 52.3 Å². The van der Waals surface area contributed by atoms with Gasteiger partial charge in [-0.2, -0.15) is 0 Å². The number of methoxy groups -OCH3 is 1. The van der Waals surface area contributed by atoms with Gasteiger partial charge in [0.05, 0.1) is 18.2 Å². The van der Waals surface area contributed by atoms with Crippen LogP contribution in [-0.4, -0.2) is 30.9 Å². The van der Waals surface area contributed by atoms with Crippen molar-refractivity contribution in [3.8, 4) is 5.75 Å². The van der Waals surface area contributed by atoms with Gasteiger partial charge in [0.15, 0.2) is 5.96 Å². The third-order valence-electron chi connectivity index (χ3n) is 5.99. The maximum Gasteiger partial charge on any atom is 0.237 e. The fourth-order valence-electron chi connectivity index (χ4n) is 3.63. The predicted molar refractivity (Wildman–Crippen MR) is 118 cm³/mol. The second kappa shape index (κ2) is 7.47. The van der Waals surface area contributed by atoms with Crippen LogP contribution in [0, 0.1) is 18.2 Å². The van der Waals surface area contributed by atoms with Crippen LogP contribution in [0.15, 0.2) is 35.3 Å². The zero-order chi connectivity index (χ0) is 22.4. The van der Waals surface area contributed by atoms with E-state index in [-0.39, 0.29) is 17.4 Å². The molecule has 30 heavy (non-hydrogen) atoms. The van der Waals surface area contributed by atoms with Crippen molar-refractivity contribution in [2.24, 2.45) is 16.1 Å². The highest BCUT2D eigenvalue weighted by molar-refractivity contribution is 6.31. The Morgan fingerprint density at radius 3 is 2.53 bits per heavy atom. The lowest BCUT2D eigenvalue weighted by molar-refractivity contribution is -0.140. The second-order valence-electron chi connectivity index (χ2n) is 8.15. The van der Waals surface area contributed by atoms with Crippen LogP contribution in [0.1, 0.15) is 31.9 Å². The van der Waals surface area contributed by atoms with Crippen LogP contribution < -0.4 is 15.8 Å². The van der Waals surface area contributed by atoms with Crippen LogP contribution in [0.5, 0.6) is 5.75 Å². The van der Waals surface area contributed by atoms with Gasteiger partial charge in [-0.15, -0.1) is 0 Å². The van der Waals surface area contributed by atoms with Crippen molar-refractivity contribution >= 4 is 34.8 Å². The number of nitrogens with one attached hydrogen (secondary N) is 1. The molecule has 160 valence electrons. The van der Waals surface area contributed by atoms with Gasteiger partial charge in [0.2, 0.25) is 5.91 Å². The Hall–Kier alpha value is -2.80. The Morgan fingerprint density at radius 2 is 1.90 bits per heavy atom. The fraction of sp³-hybridized carbons (Fsp3) is 0.364. The second-order valence-corrected chi connectivity index (χ2v) is 8.56. The van der Waals surface area contributed by atoms with Crippen molar-refractivity contribution in [1.29, 1.82) is 0 Å². The summed E-state index contributed by atoms with van der Waals surface area (Å²) in [5, 5.41) is 3.83. The van der Waals surface area contributed by atoms with Crippen LogP contribution in [0.4, 0.5) is 15.8 Å². The van der Waals surface area contributed by atoms with E-state index in [1.807, 2.05) is 13.0 Å². The minimum atomic E-state index is -1.19. The van der Waals surface area contributed by atoms with Crippen LogP contribution in [0.25, 0.3) is 0 Å². The number of hydrogen-bond donors (Lipinski definition) is 2. The Balaban J connectivity index is 2.11. The maximum atomic E-state index is 15.0. The van der Waals surface area contributed by atoms with Gasteiger partial charge in [-0.1, -0.05) is 11.6 Å². The first-order valence-electron chi connectivity index (χ1n) is 9.47. The van der Waals surface area contributed by atoms with Gasteiger partial charge in [-0.3, -0.25) is 9.69 Å². The first-order chi connectivity index (χ1) is 13.9. The summed E-state index contributed by atoms with van der Waals surface area (Å²) in [5.41, 5.74) is 6.20. The number of rotatable bonds is 4. The number of nitrogens with zero attached hydrogens (tertiary/aromatic N) is 2. The molecule has 1 atom stereocenters. The van der Waals surface area contributed by atoms with E-state index in [1.165, 1.54) is 11.0 Å². The Kier molecular flexibility index (Phi) is 5.45. The quantitative estimate of drug-likeness (QED) is 0.741. The maximum absolute atomic E-state index is 15.0. The standard InChI is InChI=1S/C22H26ClFN4O2/c1-12-9-17(18(30-6)11-15(12)23)26-13-7-8-16(24)14(10-13)22(4)21(2,3)19(29)28(5)20(25)27-22/h7-11,26H,1-6H3,(H2,25,27)/t22-/m1/s1. The Labute approximate surface area is 180 Å². The topological polar surface area (TPSA) is 80.0 Å². The van der Waals surface area contributed by atoms with E-state index in [0.29, 0.717) is 22.1 Å². The van der Waals surface area contributed by atoms with Crippen LogP contribution in [0.2, 0.25) is 5.02 Å². The lowest BCUT2D eigenvalue weighted by atomic mass is 9.67. The number of carbonyl (C=O) groups is 1. The lowest BCUT2D eigenvalue weighted by Gasteiger charge is -2.46. The van der Waals surface area contributed by atoms with Gasteiger partial charge in [0.1, 0.15) is 17.1 Å². The number of nitrogens with two attached hydrogens (primary N) is 1. The van der Waals surface area contributed by atoms with Crippen molar-refractivity contribution < 1.29 is 13.9 Å². The number of carbonyl (C=O) groups excluding carboxylic acids is 1. The third-order valence-corrected chi connectivity index (χ3v) is 6.40. The minimum Gasteiger partial charge on any atom is -0.495 e. The molecule has 0 aromatic heterocycles. The predicted octanol–water partition coefficient (Wildman–Crippen LogP) is 4.57. The molecule has 1 amide bonds. The summed E-state index contributed by atoms with van der Waals surface area (Å²) in [6.07, 6.45) is 0. The molecule has 1 heterocycles. The molecule has 0 aliphatic carbocycles. The van der Waals surface area contributed by atoms with Crippen LogP contribution in [-0.2, 0) is 10.3 Å². The summed E-state index contributed by atoms with van der Waals surface area (Å²) in [6.45, 7) is 7.09. The zero-order valence-corrected chi connectivity index (χ0v) is 18.7. The van der Waals surface area contributed by atoms with E-state index in [2.05, 4.69) is 10.3 Å². The molecule has 8 heteroatoms. The molecule has 6 nitrogen and oxygen atoms in total. The molecule has 0 unspecified atom stereocenters. The van der Waals surface area contributed by atoms with Gasteiger partial charge in [-0.05, 0) is 57.5 Å². The molecule has 2 aromatic carbocycles. The van der Waals surface area contributed by atoms with Crippen LogP contribution >= 0.6 is 11.6 Å². The van der Waals surface area contributed by atoms with Crippen molar-refractivity contribution in [3.63, 3.8) is 0 Å². The molecular formula is C22H26ClFN4O2. The number of aryl methyl sites for hydroxylation is 1. The number of benzene rings is 2. The number of halogens is 2. The normalized spacial score (nSPS) is 20.7. The molecule has 0 fully saturated rings. The number of aliphatic imine (C=N–C) groups is 1. The summed E-state index contributed by atoms with van der Waals surface area (Å²) in [7, 11) is 3.11. The first-order valence-corrected chi connectivity index (χ1v) is 9.85. The van der Waals surface area contributed by atoms with Gasteiger partial charge in [0.25, 0.3) is 0 Å². The molecule has 1 aliphatic heterocycles. The molecule has 1 aliphatic rings. The van der Waals surface area contributed by atoms with Crippen LogP contribution in [0.3, 0.4) is 0 Å². The molecule has 3 N–H and O–H groups in total. The third kappa shape index (κ3) is 3.37. The van der Waals surface area contributed by atoms with Gasteiger partial charge < -0.3 is 15.8 Å². The van der Waals surface area contributed by atoms with E-state index in [1.54, 1.807) is 53.1 Å². The SMILES string of the molecule is COc1cc(Cl)c(C)cc1Nc1ccc(F)c([C@@]2(C)N=C(N)N(C)C(=O)C2(C)C)c1. The van der Waals surface area contributed by atoms with E-state index in [4.69, 9.17) is 22.1 Å². The molecule has 0 bridgehead atoms. The smallest absolute Gasteiger partial charge is 0.237 e. The summed E-state index contributed by atoms with van der Waals surface area (Å²) < 4.78 is 20.4. The fourth-order valence-corrected chi connectivity index (χ4v) is 3.79. The molecule has 0 saturated carbocycles. The number of ether oxygens (including phenoxy) is 1. The highest BCUT2D eigenvalue weighted by Gasteiger charge is 2.53. The monoisotopic (exact) mass is 432 g/mol. The highest BCUT2D eigenvalue weighted by atomic mass is 35.5. The first kappa shape index (κ1) is 21.9. The molecule has 3 rings (SSSR count). The molecule has 0 spiro atoms. The summed E-state index contributed by atoms with van der Waals surface area (Å²) >= 11 is 6.18. The van der Waals surface area contributed by atoms with Gasteiger partial charge in [0, 0.05) is 29.4 Å². The van der Waals surface area contributed by atoms with Gasteiger partial charge >= 0.3 is 0 Å². The van der Waals surface area contributed by atoms with Crippen molar-refractivity contribution in [1.82, 2.24) is 4.90 Å². The van der Waals surface area contributed by atoms with Crippen molar-refractivity contribution in [2.75, 3.05) is 19.5 Å². The van der Waals surface area contributed by atoms with E-state index in [0.717, 1.165) is 5.56 Å². The van der Waals surface area contributed by atoms with Gasteiger partial charge in [-0.25, -0.2) is 9.38 Å². The lowest BCUT2D eigenvalue weighted by Crippen LogP contribution is -2.58. The van der Waals surface area contributed by atoms with E-state index < -0.39 is 16.8 Å². The summed E-state index contributed by atoms with van der Waals surface area (Å²) in [4.78, 5) is 18.7. The van der Waals surface area contributed by atoms with E-state index >= 15 is 0 Å². The Bertz CT molecular complexity index is 1050. The number of guanidine groups is 1. The molecule has 0 saturated heterocycles. The summed E-state index contributed by atoms with van der Waals surface area (Å²) in [6, 6.07) is 8.18. The average Bonchev–Trinajstić information content (AvgIpc) is 2.69. The Morgan fingerprint density at radius 1 is 1.23 bits per heavy atom. The highest BCUT2D eigenvalue weighted by Crippen LogP contribution is 2.48. The largest absolute Gasteiger partial charge is 0.495 e.